The molecule has 2 bridgehead atoms. The number of piperazine rings is 1. The van der Waals surface area contributed by atoms with Gasteiger partial charge in [0.2, 0.25) is 0 Å². The van der Waals surface area contributed by atoms with Crippen LogP contribution >= 0.6 is 0 Å². The average Bonchev–Trinajstić information content (AvgIpc) is 3.80. The van der Waals surface area contributed by atoms with Gasteiger partial charge in [0, 0.05) is 37.6 Å². The van der Waals surface area contributed by atoms with Crippen LogP contribution in [0.5, 0.6) is 11.8 Å². The molecule has 4 saturated heterocycles. The molecule has 58 heavy (non-hydrogen) atoms. The summed E-state index contributed by atoms with van der Waals surface area (Å²) in [6.45, 7) is 9.36. The smallest absolute Gasteiger partial charge is 0.410 e. The number of ether oxygens (including phenoxy) is 4. The topological polar surface area (TPSA) is 102 Å². The van der Waals surface area contributed by atoms with Gasteiger partial charge in [-0.15, -0.1) is 6.42 Å². The summed E-state index contributed by atoms with van der Waals surface area (Å²) < 4.78 is 71.4. The summed E-state index contributed by atoms with van der Waals surface area (Å²) in [4.78, 5) is 35.1. The third-order valence-electron chi connectivity index (χ3n) is 12.9. The van der Waals surface area contributed by atoms with Crippen molar-refractivity contribution in [3.8, 4) is 35.4 Å². The fourth-order valence-corrected chi connectivity index (χ4v) is 10.5. The van der Waals surface area contributed by atoms with Gasteiger partial charge in [-0.25, -0.2) is 22.9 Å². The van der Waals surface area contributed by atoms with Gasteiger partial charge in [-0.1, -0.05) is 25.3 Å². The lowest BCUT2D eigenvalue weighted by molar-refractivity contribution is 0.00426. The summed E-state index contributed by atoms with van der Waals surface area (Å²) in [5, 5.41) is 1.30. The highest BCUT2D eigenvalue weighted by Gasteiger charge is 2.54. The largest absolute Gasteiger partial charge is 0.468 e. The molecule has 0 N–H and O–H groups in total. The highest BCUT2D eigenvalue weighted by molar-refractivity contribution is 6.03. The van der Waals surface area contributed by atoms with Crippen molar-refractivity contribution in [2.24, 2.45) is 5.92 Å². The molecule has 0 unspecified atom stereocenters. The van der Waals surface area contributed by atoms with E-state index in [1.54, 1.807) is 18.2 Å². The minimum absolute atomic E-state index is 0.00279. The van der Waals surface area contributed by atoms with Gasteiger partial charge in [-0.05, 0) is 88.9 Å². The molecule has 1 amide bonds. The molecule has 11 nitrogen and oxygen atoms in total. The number of hydrogen-bond acceptors (Lipinski definition) is 10. The molecule has 2 aromatic heterocycles. The number of alkyl halides is 1. The Labute approximate surface area is 336 Å². The predicted molar refractivity (Wildman–Crippen MR) is 213 cm³/mol. The fourth-order valence-electron chi connectivity index (χ4n) is 10.5. The quantitative estimate of drug-likeness (QED) is 0.131. The lowest BCUT2D eigenvalue weighted by Gasteiger charge is -2.49. The number of rotatable bonds is 8. The van der Waals surface area contributed by atoms with E-state index in [2.05, 4.69) is 22.6 Å². The molecular weight excluding hydrogens is 750 g/mol. The number of amides is 1. The lowest BCUT2D eigenvalue weighted by Crippen LogP contribution is -2.64. The van der Waals surface area contributed by atoms with Gasteiger partial charge in [0.15, 0.2) is 12.6 Å². The number of anilines is 1. The van der Waals surface area contributed by atoms with Gasteiger partial charge >= 0.3 is 12.1 Å². The van der Waals surface area contributed by atoms with E-state index < -0.39 is 28.9 Å². The number of hydrogen-bond donors (Lipinski definition) is 0. The molecule has 0 radical (unpaired) electrons. The molecule has 6 atom stereocenters. The van der Waals surface area contributed by atoms with E-state index in [1.165, 1.54) is 13.2 Å². The summed E-state index contributed by atoms with van der Waals surface area (Å²) >= 11 is 0. The second-order valence-corrected chi connectivity index (χ2v) is 17.5. The van der Waals surface area contributed by atoms with Crippen LogP contribution in [0.15, 0.2) is 24.3 Å². The molecule has 0 spiro atoms. The van der Waals surface area contributed by atoms with Gasteiger partial charge in [0.1, 0.15) is 47.0 Å². The number of methoxy groups -OCH3 is 1. The Morgan fingerprint density at radius 2 is 1.91 bits per heavy atom. The van der Waals surface area contributed by atoms with Crippen LogP contribution in [0.4, 0.5) is 23.8 Å². The van der Waals surface area contributed by atoms with E-state index in [4.69, 9.17) is 40.3 Å². The third-order valence-corrected chi connectivity index (χ3v) is 12.9. The first-order valence-electron chi connectivity index (χ1n) is 20.4. The van der Waals surface area contributed by atoms with Gasteiger partial charge in [-0.2, -0.15) is 9.97 Å². The van der Waals surface area contributed by atoms with Gasteiger partial charge in [0.05, 0.1) is 40.3 Å². The maximum atomic E-state index is 17.8. The summed E-state index contributed by atoms with van der Waals surface area (Å²) in [7, 11) is 1.49. The first-order valence-corrected chi connectivity index (χ1v) is 20.4. The first kappa shape index (κ1) is 38.6. The van der Waals surface area contributed by atoms with Crippen LogP contribution in [-0.4, -0.2) is 106 Å². The second kappa shape index (κ2) is 14.4. The number of halogens is 3. The van der Waals surface area contributed by atoms with E-state index in [-0.39, 0.29) is 71.9 Å². The maximum Gasteiger partial charge on any atom is 0.410 e. The Balaban J connectivity index is 1.24. The Morgan fingerprint density at radius 3 is 2.67 bits per heavy atom. The minimum Gasteiger partial charge on any atom is -0.468 e. The summed E-state index contributed by atoms with van der Waals surface area (Å²) in [6.07, 6.45) is 9.36. The zero-order valence-corrected chi connectivity index (χ0v) is 33.6. The van der Waals surface area contributed by atoms with Crippen molar-refractivity contribution >= 4 is 33.6 Å². The number of terminal acetylenes is 1. The zero-order chi connectivity index (χ0) is 40.7. The highest BCUT2D eigenvalue weighted by Crippen LogP contribution is 2.48. The molecule has 9 rings (SSSR count). The van der Waals surface area contributed by atoms with Crippen molar-refractivity contribution < 1.29 is 36.9 Å². The van der Waals surface area contributed by atoms with E-state index in [0.29, 0.717) is 59.4 Å². The van der Waals surface area contributed by atoms with Crippen molar-refractivity contribution in [1.82, 2.24) is 24.8 Å². The third kappa shape index (κ3) is 6.36. The lowest BCUT2D eigenvalue weighted by atomic mass is 9.85. The number of carbonyl (C=O) groups excluding carboxylic acids is 1. The molecular formula is C44H49F3N6O5. The molecule has 2 aromatic carbocycles. The van der Waals surface area contributed by atoms with Crippen LogP contribution in [0.1, 0.15) is 77.5 Å². The number of carbonyl (C=O) groups is 1. The standard InChI is InChI=1S/C44H49F3N6O5/c1-7-24-17-32-35-38(36(47)37(48-32)30-18-28(57-23-55-6)16-25-10-12-31(46)29(8-2)34(25)30)49-41(56-22-44-14-9-15-51(44)20-26(45)19-44)50-40(35)52-21-27-11-13-33(39(24)52)53(27)42(54)58-43(3,4)5/h2,10,12,16,18,24,26-27,33,39H,7,9,11,13-15,17,19-23H2,1,3-6H3/t24-,26+,27+,33-,39-,44-/m0/s1. The van der Waals surface area contributed by atoms with Crippen molar-refractivity contribution in [3.05, 3.63) is 47.2 Å². The Morgan fingerprint density at radius 1 is 1.09 bits per heavy atom. The zero-order valence-electron chi connectivity index (χ0n) is 33.6. The molecule has 4 fully saturated rings. The monoisotopic (exact) mass is 798 g/mol. The SMILES string of the molecule is C#Cc1c(F)ccc2cc(OCOC)cc(-c3nc4c5c(nc(OC[C@@]67CCCN6C[C@H](F)C7)nc5c3F)N3C[C@H]5CC[C@@H]([C@@H]3[C@@H](CC)C4)N5C(=O)OC(C)(C)C)c12. The van der Waals surface area contributed by atoms with Gasteiger partial charge < -0.3 is 23.8 Å². The van der Waals surface area contributed by atoms with E-state index in [9.17, 15) is 9.18 Å². The molecule has 14 heteroatoms. The summed E-state index contributed by atoms with van der Waals surface area (Å²) in [6, 6.07) is 5.56. The number of fused-ring (bicyclic) bond motifs is 7. The molecule has 0 saturated carbocycles. The molecule has 7 heterocycles. The maximum absolute atomic E-state index is 17.8. The number of pyridine rings is 1. The normalized spacial score (nSPS) is 26.4. The Bertz CT molecular complexity index is 2350. The predicted octanol–water partition coefficient (Wildman–Crippen LogP) is 7.58. The Hall–Kier alpha value is -4.87. The number of nitrogens with zero attached hydrogens (tertiary/aromatic N) is 6. The van der Waals surface area contributed by atoms with Crippen molar-refractivity contribution in [3.63, 3.8) is 0 Å². The van der Waals surface area contributed by atoms with Crippen LogP contribution in [0.2, 0.25) is 0 Å². The fraction of sp³-hybridized carbons (Fsp3) is 0.545. The molecule has 5 aliphatic heterocycles. The van der Waals surface area contributed by atoms with Crippen LogP contribution < -0.4 is 14.4 Å². The average molecular weight is 799 g/mol. The molecule has 5 aliphatic rings. The van der Waals surface area contributed by atoms with Gasteiger partial charge in [-0.3, -0.25) is 9.80 Å². The van der Waals surface area contributed by atoms with Crippen LogP contribution in [-0.2, 0) is 15.9 Å². The second-order valence-electron chi connectivity index (χ2n) is 17.5. The molecule has 4 aromatic rings. The summed E-state index contributed by atoms with van der Waals surface area (Å²) in [5.74, 6) is 1.89. The Kier molecular flexibility index (Phi) is 9.62. The van der Waals surface area contributed by atoms with Crippen molar-refractivity contribution in [2.45, 2.75) is 108 Å². The first-order chi connectivity index (χ1) is 27.8. The van der Waals surface area contributed by atoms with Crippen LogP contribution in [0.25, 0.3) is 32.9 Å². The van der Waals surface area contributed by atoms with Crippen molar-refractivity contribution in [2.75, 3.05) is 45.0 Å². The molecule has 0 aliphatic carbocycles. The number of aromatic nitrogens is 3. The van der Waals surface area contributed by atoms with Gasteiger partial charge in [0.25, 0.3) is 0 Å². The summed E-state index contributed by atoms with van der Waals surface area (Å²) in [5.41, 5.74) is -0.464. The van der Waals surface area contributed by atoms with E-state index in [0.717, 1.165) is 38.6 Å². The highest BCUT2D eigenvalue weighted by atomic mass is 19.1. The molecule has 306 valence electrons. The minimum atomic E-state index is -0.959. The van der Waals surface area contributed by atoms with Crippen LogP contribution in [0.3, 0.4) is 0 Å². The number of benzene rings is 2. The van der Waals surface area contributed by atoms with E-state index >= 15 is 8.78 Å². The van der Waals surface area contributed by atoms with Crippen molar-refractivity contribution in [1.29, 1.82) is 0 Å². The van der Waals surface area contributed by atoms with Crippen LogP contribution in [0, 0.1) is 29.9 Å². The van der Waals surface area contributed by atoms with E-state index in [1.807, 2.05) is 25.7 Å².